The molecule has 2 aliphatic heterocycles. The van der Waals surface area contributed by atoms with Crippen LogP contribution in [0, 0.1) is 5.92 Å². The number of nitrogens with zero attached hydrogens (tertiary/aromatic N) is 3. The number of para-hydroxylation sites is 1. The third kappa shape index (κ3) is 5.21. The Bertz CT molecular complexity index is 838. The summed E-state index contributed by atoms with van der Waals surface area (Å²) < 4.78 is 11.4. The SMILES string of the molecule is c1cncc(CN(Cc2cccc3c2OCO3)C[C@@H]2CCCN(C3CCCCC3)C2)c1. The van der Waals surface area contributed by atoms with Crippen LogP contribution < -0.4 is 9.47 Å². The van der Waals surface area contributed by atoms with Crippen molar-refractivity contribution in [3.63, 3.8) is 0 Å². The molecule has 2 fully saturated rings. The lowest BCUT2D eigenvalue weighted by Gasteiger charge is -2.41. The summed E-state index contributed by atoms with van der Waals surface area (Å²) in [6.07, 6.45) is 13.6. The van der Waals surface area contributed by atoms with E-state index in [4.69, 9.17) is 9.47 Å². The Hall–Kier alpha value is -2.11. The molecule has 1 aliphatic carbocycles. The van der Waals surface area contributed by atoms with Gasteiger partial charge in [0.25, 0.3) is 0 Å². The van der Waals surface area contributed by atoms with Crippen LogP contribution in [-0.4, -0.2) is 47.3 Å². The quantitative estimate of drug-likeness (QED) is 0.638. The van der Waals surface area contributed by atoms with Crippen LogP contribution in [0.1, 0.15) is 56.1 Å². The van der Waals surface area contributed by atoms with Gasteiger partial charge in [0.15, 0.2) is 11.5 Å². The highest BCUT2D eigenvalue weighted by molar-refractivity contribution is 5.48. The Morgan fingerprint density at radius 1 is 0.968 bits per heavy atom. The first-order valence-corrected chi connectivity index (χ1v) is 12.1. The average Bonchev–Trinajstić information content (AvgIpc) is 3.31. The Labute approximate surface area is 186 Å². The predicted molar refractivity (Wildman–Crippen MR) is 122 cm³/mol. The lowest BCUT2D eigenvalue weighted by molar-refractivity contribution is 0.0769. The van der Waals surface area contributed by atoms with Crippen molar-refractivity contribution in [1.82, 2.24) is 14.8 Å². The Morgan fingerprint density at radius 3 is 2.77 bits per heavy atom. The Balaban J connectivity index is 1.29. The van der Waals surface area contributed by atoms with E-state index in [2.05, 4.69) is 33.0 Å². The highest BCUT2D eigenvalue weighted by atomic mass is 16.7. The molecule has 166 valence electrons. The summed E-state index contributed by atoms with van der Waals surface area (Å²) in [4.78, 5) is 9.74. The third-order valence-electron chi connectivity index (χ3n) is 7.16. The molecule has 2 aromatic rings. The molecule has 5 heteroatoms. The predicted octanol–water partition coefficient (Wildman–Crippen LogP) is 4.86. The number of benzene rings is 1. The number of ether oxygens (including phenoxy) is 2. The number of rotatable bonds is 7. The van der Waals surface area contributed by atoms with E-state index in [-0.39, 0.29) is 0 Å². The summed E-state index contributed by atoms with van der Waals surface area (Å²) in [7, 11) is 0. The van der Waals surface area contributed by atoms with Crippen LogP contribution >= 0.6 is 0 Å². The molecule has 5 nitrogen and oxygen atoms in total. The van der Waals surface area contributed by atoms with Crippen molar-refractivity contribution in [2.45, 2.75) is 64.1 Å². The number of hydrogen-bond acceptors (Lipinski definition) is 5. The van der Waals surface area contributed by atoms with Crippen molar-refractivity contribution < 1.29 is 9.47 Å². The van der Waals surface area contributed by atoms with E-state index < -0.39 is 0 Å². The highest BCUT2D eigenvalue weighted by Crippen LogP contribution is 2.36. The van der Waals surface area contributed by atoms with Crippen LogP contribution in [0.3, 0.4) is 0 Å². The zero-order valence-corrected chi connectivity index (χ0v) is 18.5. The van der Waals surface area contributed by atoms with E-state index in [0.717, 1.165) is 43.1 Å². The van der Waals surface area contributed by atoms with Crippen molar-refractivity contribution in [2.24, 2.45) is 5.92 Å². The monoisotopic (exact) mass is 421 g/mol. The van der Waals surface area contributed by atoms with E-state index >= 15 is 0 Å². The minimum Gasteiger partial charge on any atom is -0.454 e. The molecule has 0 bridgehead atoms. The maximum atomic E-state index is 5.80. The minimum absolute atomic E-state index is 0.327. The summed E-state index contributed by atoms with van der Waals surface area (Å²) in [6.45, 7) is 5.78. The van der Waals surface area contributed by atoms with Crippen LogP contribution in [0.25, 0.3) is 0 Å². The number of piperidine rings is 1. The van der Waals surface area contributed by atoms with Gasteiger partial charge >= 0.3 is 0 Å². The first kappa shape index (κ1) is 20.8. The lowest BCUT2D eigenvalue weighted by Crippen LogP contribution is -2.46. The van der Waals surface area contributed by atoms with Gasteiger partial charge in [0, 0.05) is 50.2 Å². The average molecular weight is 422 g/mol. The van der Waals surface area contributed by atoms with Crippen LogP contribution in [0.4, 0.5) is 0 Å². The standard InChI is InChI=1S/C26H35N3O2/c1-2-10-24(11-3-1)29-14-6-8-22(18-29)17-28(16-21-7-5-13-27-15-21)19-23-9-4-12-25-26(23)31-20-30-25/h4-5,7,9,12-13,15,22,24H,1-3,6,8,10-11,14,16-20H2/t22-/m0/s1. The van der Waals surface area contributed by atoms with E-state index in [1.54, 1.807) is 0 Å². The molecule has 31 heavy (non-hydrogen) atoms. The topological polar surface area (TPSA) is 37.8 Å². The third-order valence-corrected chi connectivity index (χ3v) is 7.16. The van der Waals surface area contributed by atoms with Gasteiger partial charge in [-0.25, -0.2) is 0 Å². The fourth-order valence-corrected chi connectivity index (χ4v) is 5.68. The molecule has 0 amide bonds. The summed E-state index contributed by atoms with van der Waals surface area (Å²) in [5, 5.41) is 0. The van der Waals surface area contributed by atoms with Gasteiger partial charge in [-0.05, 0) is 55.8 Å². The van der Waals surface area contributed by atoms with E-state index in [1.165, 1.54) is 69.2 Å². The van der Waals surface area contributed by atoms with Crippen LogP contribution in [-0.2, 0) is 13.1 Å². The van der Waals surface area contributed by atoms with Crippen molar-refractivity contribution in [3.8, 4) is 11.5 Å². The zero-order chi connectivity index (χ0) is 20.9. The van der Waals surface area contributed by atoms with Gasteiger partial charge in [0.05, 0.1) is 0 Å². The lowest BCUT2D eigenvalue weighted by atomic mass is 9.90. The molecular formula is C26H35N3O2. The first-order chi connectivity index (χ1) is 15.3. The number of hydrogen-bond donors (Lipinski definition) is 0. The van der Waals surface area contributed by atoms with Crippen molar-refractivity contribution >= 4 is 0 Å². The van der Waals surface area contributed by atoms with Gasteiger partial charge < -0.3 is 14.4 Å². The van der Waals surface area contributed by atoms with Gasteiger partial charge in [-0.1, -0.05) is 37.5 Å². The fourth-order valence-electron chi connectivity index (χ4n) is 5.68. The second kappa shape index (κ2) is 10.0. The molecule has 3 heterocycles. The molecule has 1 atom stereocenters. The summed E-state index contributed by atoms with van der Waals surface area (Å²) in [6, 6.07) is 11.3. The van der Waals surface area contributed by atoms with Gasteiger partial charge in [0.2, 0.25) is 6.79 Å². The van der Waals surface area contributed by atoms with Gasteiger partial charge in [0.1, 0.15) is 0 Å². The van der Waals surface area contributed by atoms with Crippen LogP contribution in [0.5, 0.6) is 11.5 Å². The molecule has 3 aliphatic rings. The first-order valence-electron chi connectivity index (χ1n) is 12.1. The summed E-state index contributed by atoms with van der Waals surface area (Å²) >= 11 is 0. The summed E-state index contributed by atoms with van der Waals surface area (Å²) in [5.74, 6) is 2.52. The number of pyridine rings is 1. The molecule has 5 rings (SSSR count). The van der Waals surface area contributed by atoms with E-state index in [1.807, 2.05) is 24.5 Å². The molecule has 1 aromatic carbocycles. The number of likely N-dealkylation sites (tertiary alicyclic amines) is 1. The molecule has 1 saturated heterocycles. The van der Waals surface area contributed by atoms with Crippen LogP contribution in [0.15, 0.2) is 42.7 Å². The fraction of sp³-hybridized carbons (Fsp3) is 0.577. The van der Waals surface area contributed by atoms with Crippen molar-refractivity contribution in [2.75, 3.05) is 26.4 Å². The molecule has 0 unspecified atom stereocenters. The molecule has 0 spiro atoms. The molecule has 0 N–H and O–H groups in total. The van der Waals surface area contributed by atoms with Crippen LogP contribution in [0.2, 0.25) is 0 Å². The Kier molecular flexibility index (Phi) is 6.71. The second-order valence-corrected chi connectivity index (χ2v) is 9.48. The maximum absolute atomic E-state index is 5.80. The van der Waals surface area contributed by atoms with E-state index in [9.17, 15) is 0 Å². The molecule has 0 radical (unpaired) electrons. The summed E-state index contributed by atoms with van der Waals surface area (Å²) in [5.41, 5.74) is 2.49. The number of aromatic nitrogens is 1. The highest BCUT2D eigenvalue weighted by Gasteiger charge is 2.28. The maximum Gasteiger partial charge on any atom is 0.231 e. The molecule has 1 saturated carbocycles. The van der Waals surface area contributed by atoms with Gasteiger partial charge in [-0.2, -0.15) is 0 Å². The molecular weight excluding hydrogens is 386 g/mol. The zero-order valence-electron chi connectivity index (χ0n) is 18.5. The van der Waals surface area contributed by atoms with E-state index in [0.29, 0.717) is 6.79 Å². The minimum atomic E-state index is 0.327. The molecule has 1 aromatic heterocycles. The largest absolute Gasteiger partial charge is 0.454 e. The Morgan fingerprint density at radius 2 is 1.90 bits per heavy atom. The second-order valence-electron chi connectivity index (χ2n) is 9.48. The normalized spacial score (nSPS) is 22.2. The van der Waals surface area contributed by atoms with Gasteiger partial charge in [-0.15, -0.1) is 0 Å². The smallest absolute Gasteiger partial charge is 0.231 e. The number of fused-ring (bicyclic) bond motifs is 1. The van der Waals surface area contributed by atoms with Gasteiger partial charge in [-0.3, -0.25) is 9.88 Å². The van der Waals surface area contributed by atoms with Crippen molar-refractivity contribution in [1.29, 1.82) is 0 Å². The van der Waals surface area contributed by atoms with Crippen molar-refractivity contribution in [3.05, 3.63) is 53.9 Å².